The molecule has 0 aliphatic heterocycles. The maximum Gasteiger partial charge on any atom is 0.417 e. The van der Waals surface area contributed by atoms with Crippen molar-refractivity contribution in [2.75, 3.05) is 27.3 Å². The molecule has 1 aromatic carbocycles. The molecule has 0 heterocycles. The molecule has 0 radical (unpaired) electrons. The van der Waals surface area contributed by atoms with E-state index in [0.717, 1.165) is 22.5 Å². The molecule has 0 aliphatic rings. The fourth-order valence-corrected chi connectivity index (χ4v) is 3.06. The molecule has 4 nitrogen and oxygen atoms in total. The van der Waals surface area contributed by atoms with Crippen LogP contribution in [0.25, 0.3) is 0 Å². The summed E-state index contributed by atoms with van der Waals surface area (Å²) in [6, 6.07) is 4.15. The minimum atomic E-state index is -4.71. The highest BCUT2D eigenvalue weighted by molar-refractivity contribution is 7.89. The molecular weight excluding hydrogens is 295 g/mol. The third kappa shape index (κ3) is 3.94. The van der Waals surface area contributed by atoms with Crippen molar-refractivity contribution in [3.8, 4) is 0 Å². The minimum absolute atomic E-state index is 0.0857. The molecule has 0 fully saturated rings. The number of alkyl halides is 3. The Morgan fingerprint density at radius 2 is 1.85 bits per heavy atom. The Balaban J connectivity index is 3.10. The van der Waals surface area contributed by atoms with Crippen LogP contribution in [0.15, 0.2) is 29.2 Å². The fourth-order valence-electron chi connectivity index (χ4n) is 1.65. The van der Waals surface area contributed by atoms with Gasteiger partial charge in [0.25, 0.3) is 0 Å². The zero-order valence-corrected chi connectivity index (χ0v) is 12.0. The SMILES string of the molecule is COCCCN(C)S(=O)(=O)c1ccccc1C(F)(F)F. The van der Waals surface area contributed by atoms with Crippen LogP contribution >= 0.6 is 0 Å². The summed E-state index contributed by atoms with van der Waals surface area (Å²) in [5.74, 6) is 0. The van der Waals surface area contributed by atoms with E-state index in [1.807, 2.05) is 0 Å². The van der Waals surface area contributed by atoms with E-state index in [0.29, 0.717) is 13.0 Å². The molecule has 0 atom stereocenters. The van der Waals surface area contributed by atoms with Gasteiger partial charge in [-0.2, -0.15) is 13.2 Å². The number of ether oxygens (including phenoxy) is 1. The highest BCUT2D eigenvalue weighted by Gasteiger charge is 2.37. The Morgan fingerprint density at radius 3 is 2.40 bits per heavy atom. The first-order valence-electron chi connectivity index (χ1n) is 5.82. The van der Waals surface area contributed by atoms with Crippen LogP contribution in [-0.4, -0.2) is 40.0 Å². The zero-order chi connectivity index (χ0) is 15.4. The highest BCUT2D eigenvalue weighted by atomic mass is 32.2. The Kier molecular flexibility index (Phi) is 5.55. The van der Waals surface area contributed by atoms with Crippen LogP contribution in [0.4, 0.5) is 13.2 Å². The van der Waals surface area contributed by atoms with Gasteiger partial charge < -0.3 is 4.74 Å². The van der Waals surface area contributed by atoms with Gasteiger partial charge in [-0.25, -0.2) is 12.7 Å². The second kappa shape index (κ2) is 6.55. The maximum atomic E-state index is 12.8. The van der Waals surface area contributed by atoms with Gasteiger partial charge in [-0.15, -0.1) is 0 Å². The average molecular weight is 311 g/mol. The third-order valence-corrected chi connectivity index (χ3v) is 4.62. The van der Waals surface area contributed by atoms with Crippen LogP contribution in [-0.2, 0) is 20.9 Å². The third-order valence-electron chi connectivity index (χ3n) is 2.70. The number of benzene rings is 1. The number of hydrogen-bond acceptors (Lipinski definition) is 3. The molecule has 8 heteroatoms. The number of halogens is 3. The van der Waals surface area contributed by atoms with Gasteiger partial charge in [0.2, 0.25) is 10.0 Å². The Morgan fingerprint density at radius 1 is 1.25 bits per heavy atom. The summed E-state index contributed by atoms with van der Waals surface area (Å²) in [5.41, 5.74) is -1.15. The van der Waals surface area contributed by atoms with Crippen molar-refractivity contribution in [3.05, 3.63) is 29.8 Å². The number of methoxy groups -OCH3 is 1. The first-order valence-corrected chi connectivity index (χ1v) is 7.26. The number of nitrogens with zero attached hydrogens (tertiary/aromatic N) is 1. The molecule has 0 aromatic heterocycles. The lowest BCUT2D eigenvalue weighted by atomic mass is 10.2. The van der Waals surface area contributed by atoms with Crippen LogP contribution in [0.5, 0.6) is 0 Å². The average Bonchev–Trinajstić information content (AvgIpc) is 2.38. The van der Waals surface area contributed by atoms with E-state index < -0.39 is 26.7 Å². The van der Waals surface area contributed by atoms with E-state index in [-0.39, 0.29) is 6.54 Å². The van der Waals surface area contributed by atoms with Gasteiger partial charge in [0, 0.05) is 27.3 Å². The van der Waals surface area contributed by atoms with Gasteiger partial charge in [-0.3, -0.25) is 0 Å². The lowest BCUT2D eigenvalue weighted by molar-refractivity contribution is -0.139. The molecule has 0 saturated carbocycles. The van der Waals surface area contributed by atoms with Gasteiger partial charge in [0.1, 0.15) is 0 Å². The summed E-state index contributed by atoms with van der Waals surface area (Å²) in [4.78, 5) is -0.729. The van der Waals surface area contributed by atoms with Crippen molar-refractivity contribution in [1.29, 1.82) is 0 Å². The molecule has 1 rings (SSSR count). The normalized spacial score (nSPS) is 12.9. The molecule has 0 saturated heterocycles. The van der Waals surface area contributed by atoms with Crippen molar-refractivity contribution in [3.63, 3.8) is 0 Å². The van der Waals surface area contributed by atoms with Crippen molar-refractivity contribution in [2.24, 2.45) is 0 Å². The van der Waals surface area contributed by atoms with Gasteiger partial charge in [-0.1, -0.05) is 12.1 Å². The summed E-state index contributed by atoms with van der Waals surface area (Å²) >= 11 is 0. The van der Waals surface area contributed by atoms with E-state index in [9.17, 15) is 21.6 Å². The molecule has 1 aromatic rings. The standard InChI is InChI=1S/C12H16F3NO3S/c1-16(8-5-9-19-2)20(17,18)11-7-4-3-6-10(11)12(13,14)15/h3-4,6-7H,5,8-9H2,1-2H3. The van der Waals surface area contributed by atoms with E-state index >= 15 is 0 Å². The Bertz CT molecular complexity index is 543. The van der Waals surface area contributed by atoms with Gasteiger partial charge in [0.05, 0.1) is 10.5 Å². The summed E-state index contributed by atoms with van der Waals surface area (Å²) in [7, 11) is -1.46. The van der Waals surface area contributed by atoms with Crippen LogP contribution in [0.2, 0.25) is 0 Å². The van der Waals surface area contributed by atoms with Crippen molar-refractivity contribution >= 4 is 10.0 Å². The highest BCUT2D eigenvalue weighted by Crippen LogP contribution is 2.34. The topological polar surface area (TPSA) is 46.6 Å². The molecule has 20 heavy (non-hydrogen) atoms. The number of hydrogen-bond donors (Lipinski definition) is 0. The van der Waals surface area contributed by atoms with Crippen LogP contribution < -0.4 is 0 Å². The van der Waals surface area contributed by atoms with E-state index in [1.165, 1.54) is 20.2 Å². The molecule has 0 amide bonds. The minimum Gasteiger partial charge on any atom is -0.385 e. The fraction of sp³-hybridized carbons (Fsp3) is 0.500. The van der Waals surface area contributed by atoms with Crippen molar-refractivity contribution < 1.29 is 26.3 Å². The number of sulfonamides is 1. The van der Waals surface area contributed by atoms with Gasteiger partial charge >= 0.3 is 6.18 Å². The van der Waals surface area contributed by atoms with Crippen molar-refractivity contribution in [1.82, 2.24) is 4.31 Å². The monoisotopic (exact) mass is 311 g/mol. The van der Waals surface area contributed by atoms with Gasteiger partial charge in [-0.05, 0) is 18.6 Å². The predicted molar refractivity (Wildman–Crippen MR) is 67.8 cm³/mol. The lowest BCUT2D eigenvalue weighted by Gasteiger charge is -2.20. The van der Waals surface area contributed by atoms with E-state index in [4.69, 9.17) is 4.74 Å². The summed E-state index contributed by atoms with van der Waals surface area (Å²) < 4.78 is 68.6. The second-order valence-electron chi connectivity index (χ2n) is 4.17. The van der Waals surface area contributed by atoms with Gasteiger partial charge in [0.15, 0.2) is 0 Å². The molecule has 0 N–H and O–H groups in total. The van der Waals surface area contributed by atoms with Crippen LogP contribution in [0.1, 0.15) is 12.0 Å². The van der Waals surface area contributed by atoms with E-state index in [2.05, 4.69) is 0 Å². The van der Waals surface area contributed by atoms with Crippen molar-refractivity contribution in [2.45, 2.75) is 17.5 Å². The smallest absolute Gasteiger partial charge is 0.385 e. The first kappa shape index (κ1) is 16.9. The largest absolute Gasteiger partial charge is 0.417 e. The molecule has 0 aliphatic carbocycles. The first-order chi connectivity index (χ1) is 9.21. The summed E-state index contributed by atoms with van der Waals surface area (Å²) in [5, 5.41) is 0. The summed E-state index contributed by atoms with van der Waals surface area (Å²) in [6.45, 7) is 0.420. The Hall–Kier alpha value is -1.12. The quantitative estimate of drug-likeness (QED) is 0.758. The molecular formula is C12H16F3NO3S. The van der Waals surface area contributed by atoms with E-state index in [1.54, 1.807) is 0 Å². The Labute approximate surface area is 116 Å². The van der Waals surface area contributed by atoms with Crippen LogP contribution in [0, 0.1) is 0 Å². The zero-order valence-electron chi connectivity index (χ0n) is 11.1. The maximum absolute atomic E-state index is 12.8. The molecule has 0 bridgehead atoms. The molecule has 114 valence electrons. The summed E-state index contributed by atoms with van der Waals surface area (Å²) in [6.07, 6.45) is -4.31. The molecule has 0 spiro atoms. The second-order valence-corrected chi connectivity index (χ2v) is 6.18. The predicted octanol–water partition coefficient (Wildman–Crippen LogP) is 2.36. The number of rotatable bonds is 6. The lowest BCUT2D eigenvalue weighted by Crippen LogP contribution is -2.30. The molecule has 0 unspecified atom stereocenters. The van der Waals surface area contributed by atoms with Crippen LogP contribution in [0.3, 0.4) is 0 Å².